The van der Waals surface area contributed by atoms with Gasteiger partial charge in [0.2, 0.25) is 5.91 Å². The molecule has 2 amide bonds. The van der Waals surface area contributed by atoms with E-state index < -0.39 is 0 Å². The van der Waals surface area contributed by atoms with Crippen molar-refractivity contribution in [1.82, 2.24) is 0 Å². The molecule has 0 aliphatic carbocycles. The Balaban J connectivity index is 1.64. The Kier molecular flexibility index (Phi) is 5.66. The van der Waals surface area contributed by atoms with Gasteiger partial charge in [-0.3, -0.25) is 9.59 Å². The Morgan fingerprint density at radius 3 is 2.12 bits per heavy atom. The molecule has 3 rings (SSSR count). The predicted octanol–water partition coefficient (Wildman–Crippen LogP) is 4.77. The van der Waals surface area contributed by atoms with Crippen LogP contribution in [0.5, 0.6) is 0 Å². The Morgan fingerprint density at radius 1 is 0.808 bits per heavy atom. The third-order valence-electron chi connectivity index (χ3n) is 3.74. The van der Waals surface area contributed by atoms with Gasteiger partial charge in [-0.15, -0.1) is 0 Å². The molecule has 0 spiro atoms. The second kappa shape index (κ2) is 8.32. The maximum absolute atomic E-state index is 12.2. The molecule has 0 aliphatic rings. The summed E-state index contributed by atoms with van der Waals surface area (Å²) in [4.78, 5) is 24.3. The molecule has 0 radical (unpaired) electrons. The lowest BCUT2D eigenvalue weighted by molar-refractivity contribution is -0.115. The minimum atomic E-state index is -0.242. The first kappa shape index (κ1) is 17.7. The van der Waals surface area contributed by atoms with Gasteiger partial charge in [-0.2, -0.15) is 0 Å². The van der Waals surface area contributed by atoms with Gasteiger partial charge in [0, 0.05) is 11.3 Å². The van der Waals surface area contributed by atoms with E-state index in [0.29, 0.717) is 22.0 Å². The summed E-state index contributed by atoms with van der Waals surface area (Å²) in [6.45, 7) is 0. The molecule has 0 bridgehead atoms. The van der Waals surface area contributed by atoms with E-state index in [1.165, 1.54) is 0 Å². The van der Waals surface area contributed by atoms with Crippen molar-refractivity contribution in [2.45, 2.75) is 6.42 Å². The normalized spacial score (nSPS) is 10.2. The number of nitrogens with one attached hydrogen (secondary N) is 2. The molecule has 0 aliphatic heterocycles. The van der Waals surface area contributed by atoms with Crippen LogP contribution in [0.3, 0.4) is 0 Å². The molecule has 26 heavy (non-hydrogen) atoms. The van der Waals surface area contributed by atoms with Crippen LogP contribution < -0.4 is 10.6 Å². The minimum Gasteiger partial charge on any atom is -0.326 e. The zero-order valence-corrected chi connectivity index (χ0v) is 14.7. The lowest BCUT2D eigenvalue weighted by Crippen LogP contribution is -2.15. The molecule has 0 atom stereocenters. The van der Waals surface area contributed by atoms with Gasteiger partial charge < -0.3 is 10.6 Å². The van der Waals surface area contributed by atoms with Crippen LogP contribution in [-0.4, -0.2) is 11.8 Å². The molecule has 5 heteroatoms. The summed E-state index contributed by atoms with van der Waals surface area (Å²) in [5.41, 5.74) is 2.54. The summed E-state index contributed by atoms with van der Waals surface area (Å²) < 4.78 is 0. The van der Waals surface area contributed by atoms with Crippen molar-refractivity contribution < 1.29 is 9.59 Å². The summed E-state index contributed by atoms with van der Waals surface area (Å²) in [5, 5.41) is 5.92. The Bertz CT molecular complexity index is 912. The van der Waals surface area contributed by atoms with Crippen molar-refractivity contribution in [2.75, 3.05) is 10.6 Å². The number of hydrogen-bond acceptors (Lipinski definition) is 2. The average molecular weight is 365 g/mol. The van der Waals surface area contributed by atoms with Crippen LogP contribution in [0.15, 0.2) is 78.9 Å². The summed E-state index contributed by atoms with van der Waals surface area (Å²) >= 11 is 6.24. The van der Waals surface area contributed by atoms with Crippen molar-refractivity contribution in [3.05, 3.63) is 95.0 Å². The third-order valence-corrected chi connectivity index (χ3v) is 4.06. The molecular weight excluding hydrogens is 348 g/mol. The number of rotatable bonds is 5. The molecular formula is C21H17ClN2O2. The maximum Gasteiger partial charge on any atom is 0.255 e. The topological polar surface area (TPSA) is 58.2 Å². The van der Waals surface area contributed by atoms with Crippen molar-refractivity contribution in [3.63, 3.8) is 0 Å². The molecule has 0 saturated heterocycles. The molecule has 3 aromatic rings. The van der Waals surface area contributed by atoms with Crippen LogP contribution in [0, 0.1) is 0 Å². The number of anilines is 2. The highest BCUT2D eigenvalue weighted by Gasteiger charge is 2.10. The van der Waals surface area contributed by atoms with E-state index in [-0.39, 0.29) is 18.2 Å². The van der Waals surface area contributed by atoms with Crippen LogP contribution in [-0.2, 0) is 11.2 Å². The van der Waals surface area contributed by atoms with E-state index in [9.17, 15) is 9.59 Å². The lowest BCUT2D eigenvalue weighted by Gasteiger charge is -2.10. The van der Waals surface area contributed by atoms with Crippen molar-refractivity contribution in [2.24, 2.45) is 0 Å². The number of hydrogen-bond donors (Lipinski definition) is 2. The van der Waals surface area contributed by atoms with Gasteiger partial charge in [0.25, 0.3) is 5.91 Å². The van der Waals surface area contributed by atoms with Gasteiger partial charge in [0.05, 0.1) is 17.1 Å². The molecule has 0 fully saturated rings. The number of benzene rings is 3. The van der Waals surface area contributed by atoms with E-state index in [2.05, 4.69) is 10.6 Å². The first-order chi connectivity index (χ1) is 12.6. The van der Waals surface area contributed by atoms with Crippen LogP contribution in [0.2, 0.25) is 5.02 Å². The van der Waals surface area contributed by atoms with Crippen LogP contribution in [0.4, 0.5) is 11.4 Å². The van der Waals surface area contributed by atoms with Gasteiger partial charge in [0.15, 0.2) is 0 Å². The minimum absolute atomic E-state index is 0.131. The first-order valence-electron chi connectivity index (χ1n) is 8.11. The maximum atomic E-state index is 12.2. The summed E-state index contributed by atoms with van der Waals surface area (Å²) in [6, 6.07) is 23.4. The summed E-state index contributed by atoms with van der Waals surface area (Å²) in [7, 11) is 0. The summed E-state index contributed by atoms with van der Waals surface area (Å²) in [5.74, 6) is -0.373. The zero-order chi connectivity index (χ0) is 18.4. The lowest BCUT2D eigenvalue weighted by atomic mass is 10.1. The van der Waals surface area contributed by atoms with E-state index in [4.69, 9.17) is 11.6 Å². The smallest absolute Gasteiger partial charge is 0.255 e. The van der Waals surface area contributed by atoms with Crippen molar-refractivity contribution >= 4 is 34.8 Å². The van der Waals surface area contributed by atoms with E-state index in [1.54, 1.807) is 42.5 Å². The molecule has 0 unspecified atom stereocenters. The highest BCUT2D eigenvalue weighted by molar-refractivity contribution is 6.34. The van der Waals surface area contributed by atoms with Gasteiger partial charge in [-0.25, -0.2) is 0 Å². The van der Waals surface area contributed by atoms with Crippen molar-refractivity contribution in [1.29, 1.82) is 0 Å². The third kappa shape index (κ3) is 4.71. The number of carbonyl (C=O) groups excluding carboxylic acids is 2. The van der Waals surface area contributed by atoms with E-state index >= 15 is 0 Å². The highest BCUT2D eigenvalue weighted by Crippen LogP contribution is 2.26. The fourth-order valence-electron chi connectivity index (χ4n) is 2.46. The van der Waals surface area contributed by atoms with Crippen LogP contribution >= 0.6 is 11.6 Å². The fraction of sp³-hybridized carbons (Fsp3) is 0.0476. The first-order valence-corrected chi connectivity index (χ1v) is 8.49. The Labute approximate surface area is 156 Å². The van der Waals surface area contributed by atoms with Gasteiger partial charge in [0.1, 0.15) is 0 Å². The molecule has 4 nitrogen and oxygen atoms in total. The fourth-order valence-corrected chi connectivity index (χ4v) is 2.69. The molecule has 3 aromatic carbocycles. The monoisotopic (exact) mass is 364 g/mol. The largest absolute Gasteiger partial charge is 0.326 e. The highest BCUT2D eigenvalue weighted by atomic mass is 35.5. The SMILES string of the molecule is O=C(Cc1ccccc1)Nc1ccc(NC(=O)c2ccccc2)c(Cl)c1. The Morgan fingerprint density at radius 2 is 1.46 bits per heavy atom. The molecule has 0 aromatic heterocycles. The van der Waals surface area contributed by atoms with Crippen molar-refractivity contribution in [3.8, 4) is 0 Å². The number of amides is 2. The van der Waals surface area contributed by atoms with Gasteiger partial charge in [-0.05, 0) is 35.9 Å². The second-order valence-electron chi connectivity index (χ2n) is 5.73. The quantitative estimate of drug-likeness (QED) is 0.684. The number of halogens is 1. The molecule has 130 valence electrons. The molecule has 0 heterocycles. The predicted molar refractivity (Wildman–Crippen MR) is 105 cm³/mol. The van der Waals surface area contributed by atoms with Crippen LogP contribution in [0.25, 0.3) is 0 Å². The molecule has 0 saturated carbocycles. The zero-order valence-electron chi connectivity index (χ0n) is 13.9. The van der Waals surface area contributed by atoms with E-state index in [0.717, 1.165) is 5.56 Å². The second-order valence-corrected chi connectivity index (χ2v) is 6.13. The molecule has 2 N–H and O–H groups in total. The number of carbonyl (C=O) groups is 2. The van der Waals surface area contributed by atoms with Crippen LogP contribution in [0.1, 0.15) is 15.9 Å². The van der Waals surface area contributed by atoms with Gasteiger partial charge in [-0.1, -0.05) is 60.1 Å². The van der Waals surface area contributed by atoms with E-state index in [1.807, 2.05) is 36.4 Å². The average Bonchev–Trinajstić information content (AvgIpc) is 2.65. The van der Waals surface area contributed by atoms with Gasteiger partial charge >= 0.3 is 0 Å². The Hall–Kier alpha value is -3.11. The standard InChI is InChI=1S/C21H17ClN2O2/c22-18-14-17(23-20(25)13-15-7-3-1-4-8-15)11-12-19(18)24-21(26)16-9-5-2-6-10-16/h1-12,14H,13H2,(H,23,25)(H,24,26). The summed E-state index contributed by atoms with van der Waals surface area (Å²) in [6.07, 6.45) is 0.283.